The zero-order chi connectivity index (χ0) is 14.7. The third kappa shape index (κ3) is 3.14. The number of carboxylic acid groups (broad SMARTS) is 1. The summed E-state index contributed by atoms with van der Waals surface area (Å²) in [6, 6.07) is 0.492. The van der Waals surface area contributed by atoms with Crippen molar-refractivity contribution in [2.75, 3.05) is 11.9 Å². The van der Waals surface area contributed by atoms with E-state index in [1.165, 1.54) is 37.0 Å². The molecule has 0 spiro atoms. The highest BCUT2D eigenvalue weighted by Gasteiger charge is 2.28. The van der Waals surface area contributed by atoms with Crippen molar-refractivity contribution in [3.63, 3.8) is 0 Å². The fourth-order valence-corrected chi connectivity index (χ4v) is 4.05. The van der Waals surface area contributed by atoms with Gasteiger partial charge in [-0.15, -0.1) is 0 Å². The molecule has 2 rings (SSSR count). The molecule has 112 valence electrons. The lowest BCUT2D eigenvalue weighted by Gasteiger charge is -2.36. The summed E-state index contributed by atoms with van der Waals surface area (Å²) < 4.78 is 0. The summed E-state index contributed by atoms with van der Waals surface area (Å²) in [5.74, 6) is -0.192. The van der Waals surface area contributed by atoms with Crippen molar-refractivity contribution in [1.29, 1.82) is 0 Å². The van der Waals surface area contributed by atoms with Crippen LogP contribution in [0.15, 0.2) is 0 Å². The second-order valence-corrected chi connectivity index (χ2v) is 6.74. The van der Waals surface area contributed by atoms with E-state index in [1.54, 1.807) is 0 Å². The zero-order valence-corrected chi connectivity index (χ0v) is 13.4. The number of anilines is 1. The first-order chi connectivity index (χ1) is 9.54. The maximum absolute atomic E-state index is 11.3. The minimum atomic E-state index is -0.845. The number of aromatic carboxylic acids is 1. The molecule has 1 fully saturated rings. The maximum atomic E-state index is 11.3. The van der Waals surface area contributed by atoms with Gasteiger partial charge in [-0.05, 0) is 25.2 Å². The molecule has 0 radical (unpaired) electrons. The van der Waals surface area contributed by atoms with E-state index in [4.69, 9.17) is 0 Å². The molecule has 1 N–H and O–H groups in total. The fourth-order valence-electron chi connectivity index (χ4n) is 3.08. The molecule has 5 heteroatoms. The largest absolute Gasteiger partial charge is 0.477 e. The third-order valence-electron chi connectivity index (χ3n) is 4.23. The van der Waals surface area contributed by atoms with Crippen LogP contribution in [0.3, 0.4) is 0 Å². The summed E-state index contributed by atoms with van der Waals surface area (Å²) in [7, 11) is 2.06. The number of carbonyl (C=O) groups is 1. The molecule has 1 saturated carbocycles. The molecule has 1 heterocycles. The maximum Gasteiger partial charge on any atom is 0.347 e. The van der Waals surface area contributed by atoms with Gasteiger partial charge in [0, 0.05) is 13.1 Å². The van der Waals surface area contributed by atoms with Gasteiger partial charge in [-0.3, -0.25) is 0 Å². The van der Waals surface area contributed by atoms with Crippen molar-refractivity contribution in [1.82, 2.24) is 4.98 Å². The van der Waals surface area contributed by atoms with Crippen LogP contribution in [0.1, 0.15) is 61.3 Å². The van der Waals surface area contributed by atoms with E-state index in [2.05, 4.69) is 30.8 Å². The highest BCUT2D eigenvalue weighted by atomic mass is 32.1. The van der Waals surface area contributed by atoms with E-state index in [1.807, 2.05) is 0 Å². The van der Waals surface area contributed by atoms with Crippen molar-refractivity contribution < 1.29 is 9.90 Å². The van der Waals surface area contributed by atoms with E-state index in [0.717, 1.165) is 23.7 Å². The van der Waals surface area contributed by atoms with E-state index >= 15 is 0 Å². The Morgan fingerprint density at radius 3 is 2.75 bits per heavy atom. The van der Waals surface area contributed by atoms with Crippen LogP contribution in [0.25, 0.3) is 0 Å². The van der Waals surface area contributed by atoms with Gasteiger partial charge in [-0.25, -0.2) is 9.78 Å². The van der Waals surface area contributed by atoms with Crippen molar-refractivity contribution >= 4 is 22.4 Å². The first-order valence-corrected chi connectivity index (χ1v) is 8.32. The Morgan fingerprint density at radius 1 is 1.45 bits per heavy atom. The van der Waals surface area contributed by atoms with Crippen molar-refractivity contribution in [2.24, 2.45) is 5.92 Å². The molecule has 20 heavy (non-hydrogen) atoms. The summed E-state index contributed by atoms with van der Waals surface area (Å²) in [6.07, 6.45) is 6.68. The van der Waals surface area contributed by atoms with Crippen LogP contribution in [0.4, 0.5) is 5.13 Å². The molecule has 4 nitrogen and oxygen atoms in total. The summed E-state index contributed by atoms with van der Waals surface area (Å²) in [4.78, 5) is 18.5. The quantitative estimate of drug-likeness (QED) is 0.897. The number of thiazole rings is 1. The van der Waals surface area contributed by atoms with Crippen molar-refractivity contribution in [3.8, 4) is 0 Å². The number of hydrogen-bond donors (Lipinski definition) is 1. The average Bonchev–Trinajstić information content (AvgIpc) is 2.83. The van der Waals surface area contributed by atoms with Crippen LogP contribution >= 0.6 is 11.3 Å². The van der Waals surface area contributed by atoms with Gasteiger partial charge in [-0.1, -0.05) is 44.4 Å². The number of nitrogens with zero attached hydrogens (tertiary/aromatic N) is 2. The Labute approximate surface area is 124 Å². The molecule has 0 aromatic carbocycles. The summed E-state index contributed by atoms with van der Waals surface area (Å²) >= 11 is 1.33. The number of aryl methyl sites for hydroxylation is 1. The standard InChI is InChI=1S/C15H24N2O2S/c1-4-7-11-13(14(18)19)20-15(16-11)17(3)12-9-6-5-8-10(12)2/h10,12H,4-9H2,1-3H3,(H,18,19). The van der Waals surface area contributed by atoms with Crippen LogP contribution in [0, 0.1) is 5.92 Å². The second kappa shape index (κ2) is 6.57. The van der Waals surface area contributed by atoms with E-state index < -0.39 is 5.97 Å². The molecule has 2 unspecified atom stereocenters. The van der Waals surface area contributed by atoms with Gasteiger partial charge in [0.2, 0.25) is 0 Å². The number of hydrogen-bond acceptors (Lipinski definition) is 4. The lowest BCUT2D eigenvalue weighted by atomic mass is 9.85. The van der Waals surface area contributed by atoms with Gasteiger partial charge < -0.3 is 10.0 Å². The molecular weight excluding hydrogens is 272 g/mol. The highest BCUT2D eigenvalue weighted by molar-refractivity contribution is 7.17. The van der Waals surface area contributed by atoms with Crippen LogP contribution < -0.4 is 4.90 Å². The predicted octanol–water partition coefficient (Wildman–Crippen LogP) is 3.81. The summed E-state index contributed by atoms with van der Waals surface area (Å²) in [5, 5.41) is 10.2. The first-order valence-electron chi connectivity index (χ1n) is 7.50. The number of carboxylic acids is 1. The SMILES string of the molecule is CCCc1nc(N(C)C2CCCCC2C)sc1C(=O)O. The van der Waals surface area contributed by atoms with E-state index in [-0.39, 0.29) is 0 Å². The van der Waals surface area contributed by atoms with Gasteiger partial charge in [-0.2, -0.15) is 0 Å². The smallest absolute Gasteiger partial charge is 0.347 e. The van der Waals surface area contributed by atoms with Crippen molar-refractivity contribution in [2.45, 2.75) is 58.4 Å². The van der Waals surface area contributed by atoms with Crippen LogP contribution in [-0.2, 0) is 6.42 Å². The Balaban J connectivity index is 2.22. The third-order valence-corrected chi connectivity index (χ3v) is 5.41. The minimum absolute atomic E-state index is 0.414. The van der Waals surface area contributed by atoms with Crippen LogP contribution in [0.2, 0.25) is 0 Å². The topological polar surface area (TPSA) is 53.4 Å². The molecule has 0 bridgehead atoms. The normalized spacial score (nSPS) is 22.8. The lowest BCUT2D eigenvalue weighted by Crippen LogP contribution is -2.38. The van der Waals surface area contributed by atoms with Gasteiger partial charge in [0.05, 0.1) is 5.69 Å². The zero-order valence-electron chi connectivity index (χ0n) is 12.6. The van der Waals surface area contributed by atoms with Crippen LogP contribution in [0.5, 0.6) is 0 Å². The number of aromatic nitrogens is 1. The van der Waals surface area contributed by atoms with E-state index in [9.17, 15) is 9.90 Å². The monoisotopic (exact) mass is 296 g/mol. The summed E-state index contributed by atoms with van der Waals surface area (Å²) in [5.41, 5.74) is 0.746. The minimum Gasteiger partial charge on any atom is -0.477 e. The van der Waals surface area contributed by atoms with Gasteiger partial charge in [0.25, 0.3) is 0 Å². The Hall–Kier alpha value is -1.10. The molecule has 2 atom stereocenters. The Kier molecular flexibility index (Phi) is 5.02. The molecule has 0 saturated heterocycles. The average molecular weight is 296 g/mol. The van der Waals surface area contributed by atoms with Gasteiger partial charge in [0.15, 0.2) is 5.13 Å². The first kappa shape index (κ1) is 15.3. The van der Waals surface area contributed by atoms with Crippen molar-refractivity contribution in [3.05, 3.63) is 10.6 Å². The highest BCUT2D eigenvalue weighted by Crippen LogP contribution is 2.34. The molecule has 0 amide bonds. The number of rotatable bonds is 5. The lowest BCUT2D eigenvalue weighted by molar-refractivity contribution is 0.0700. The molecule has 1 aliphatic carbocycles. The van der Waals surface area contributed by atoms with E-state index in [0.29, 0.717) is 16.8 Å². The molecule has 0 aliphatic heterocycles. The molecule has 1 aromatic heterocycles. The van der Waals surface area contributed by atoms with Gasteiger partial charge in [0.1, 0.15) is 4.88 Å². The predicted molar refractivity (Wildman–Crippen MR) is 82.9 cm³/mol. The summed E-state index contributed by atoms with van der Waals surface area (Å²) in [6.45, 7) is 4.34. The molecule has 1 aliphatic rings. The van der Waals surface area contributed by atoms with Crippen LogP contribution in [-0.4, -0.2) is 29.1 Å². The fraction of sp³-hybridized carbons (Fsp3) is 0.733. The Bertz CT molecular complexity index is 472. The molecule has 1 aromatic rings. The second-order valence-electron chi connectivity index (χ2n) is 5.77. The van der Waals surface area contributed by atoms with Gasteiger partial charge >= 0.3 is 5.97 Å². The molecular formula is C15H24N2O2S. The Morgan fingerprint density at radius 2 is 2.15 bits per heavy atom.